The van der Waals surface area contributed by atoms with Crippen molar-refractivity contribution in [3.05, 3.63) is 82.3 Å². The van der Waals surface area contributed by atoms with E-state index in [1.54, 1.807) is 6.20 Å². The average Bonchev–Trinajstić information content (AvgIpc) is 3.38. The maximum Gasteiger partial charge on any atom is 0.252 e. The zero-order chi connectivity index (χ0) is 26.1. The third kappa shape index (κ3) is 4.66. The van der Waals surface area contributed by atoms with Crippen LogP contribution in [0.1, 0.15) is 64.2 Å². The van der Waals surface area contributed by atoms with Crippen molar-refractivity contribution in [3.63, 3.8) is 0 Å². The third-order valence-electron chi connectivity index (χ3n) is 7.28. The van der Waals surface area contributed by atoms with Crippen molar-refractivity contribution < 1.29 is 19.0 Å². The lowest BCUT2D eigenvalue weighted by atomic mass is 9.80. The molecule has 0 atom stereocenters. The van der Waals surface area contributed by atoms with Gasteiger partial charge in [0.1, 0.15) is 17.6 Å². The molecule has 0 spiro atoms. The highest BCUT2D eigenvalue weighted by molar-refractivity contribution is 5.96. The molecule has 5 rings (SSSR count). The van der Waals surface area contributed by atoms with Gasteiger partial charge in [0.25, 0.3) is 5.91 Å². The average molecular weight is 499 g/mol. The van der Waals surface area contributed by atoms with E-state index in [0.29, 0.717) is 23.1 Å². The highest BCUT2D eigenvalue weighted by Crippen LogP contribution is 2.40. The predicted molar refractivity (Wildman–Crippen MR) is 138 cm³/mol. The first kappa shape index (κ1) is 24.5. The fourth-order valence-electron chi connectivity index (χ4n) is 5.43. The van der Waals surface area contributed by atoms with E-state index >= 15 is 0 Å². The summed E-state index contributed by atoms with van der Waals surface area (Å²) in [6.45, 7) is 0. The number of aromatic nitrogens is 2. The van der Waals surface area contributed by atoms with Crippen LogP contribution in [-0.4, -0.2) is 34.4 Å². The number of aliphatic hydroxyl groups is 1. The fraction of sp³-hybridized carbons (Fsp3) is 0.276. The summed E-state index contributed by atoms with van der Waals surface area (Å²) in [4.78, 5) is 11.8. The van der Waals surface area contributed by atoms with Gasteiger partial charge in [-0.2, -0.15) is 10.4 Å². The molecule has 7 nitrogen and oxygen atoms in total. The first-order chi connectivity index (χ1) is 17.9. The zero-order valence-electron chi connectivity index (χ0n) is 20.4. The summed E-state index contributed by atoms with van der Waals surface area (Å²) in [6.07, 6.45) is 5.14. The molecular formula is C29H27FN4O3. The maximum atomic E-state index is 14.2. The highest BCUT2D eigenvalue weighted by Gasteiger charge is 2.25. The van der Waals surface area contributed by atoms with Crippen LogP contribution in [0.2, 0.25) is 0 Å². The number of methoxy groups -OCH3 is 1. The Balaban J connectivity index is 1.52. The molecule has 3 aromatic carbocycles. The first-order valence-electron chi connectivity index (χ1n) is 12.2. The molecule has 37 heavy (non-hydrogen) atoms. The lowest BCUT2D eigenvalue weighted by Gasteiger charge is -2.27. The second-order valence-electron chi connectivity index (χ2n) is 9.55. The molecule has 1 saturated carbocycles. The van der Waals surface area contributed by atoms with Gasteiger partial charge in [0.2, 0.25) is 0 Å². The van der Waals surface area contributed by atoms with Gasteiger partial charge in [0.15, 0.2) is 0 Å². The van der Waals surface area contributed by atoms with Gasteiger partial charge in [-0.3, -0.25) is 9.89 Å². The van der Waals surface area contributed by atoms with Gasteiger partial charge >= 0.3 is 0 Å². The number of halogens is 1. The molecule has 1 aliphatic rings. The van der Waals surface area contributed by atoms with Crippen molar-refractivity contribution in [2.24, 2.45) is 5.73 Å². The lowest BCUT2D eigenvalue weighted by Crippen LogP contribution is -2.17. The smallest absolute Gasteiger partial charge is 0.252 e. The molecule has 0 unspecified atom stereocenters. The minimum atomic E-state index is -0.755. The number of aromatic amines is 1. The minimum Gasteiger partial charge on any atom is -0.496 e. The largest absolute Gasteiger partial charge is 0.496 e. The SMILES string of the molecule is COc1c(Cc2ccc(-c3cc(C4CCC(O)CC4)c4cn[nH]c4c3C#N)cc2)cc(F)cc1C(N)=O. The number of amides is 1. The van der Waals surface area contributed by atoms with Crippen LogP contribution in [0.15, 0.2) is 48.7 Å². The number of fused-ring (bicyclic) bond motifs is 1. The number of carbonyl (C=O) groups excluding carboxylic acids is 1. The summed E-state index contributed by atoms with van der Waals surface area (Å²) in [5.74, 6) is -0.768. The summed E-state index contributed by atoms with van der Waals surface area (Å²) in [5, 5.41) is 28.2. The molecule has 1 aliphatic carbocycles. The minimum absolute atomic E-state index is 0.00315. The zero-order valence-corrected chi connectivity index (χ0v) is 20.4. The molecule has 4 N–H and O–H groups in total. The molecule has 0 aliphatic heterocycles. The van der Waals surface area contributed by atoms with Crippen molar-refractivity contribution in [2.75, 3.05) is 7.11 Å². The van der Waals surface area contributed by atoms with Gasteiger partial charge in [-0.1, -0.05) is 24.3 Å². The fourth-order valence-corrected chi connectivity index (χ4v) is 5.43. The van der Waals surface area contributed by atoms with E-state index in [1.807, 2.05) is 24.3 Å². The molecule has 4 aromatic rings. The first-order valence-corrected chi connectivity index (χ1v) is 12.2. The van der Waals surface area contributed by atoms with Crippen LogP contribution >= 0.6 is 0 Å². The molecule has 1 fully saturated rings. The molecule has 1 amide bonds. The maximum absolute atomic E-state index is 14.2. The van der Waals surface area contributed by atoms with Crippen LogP contribution in [0, 0.1) is 17.1 Å². The van der Waals surface area contributed by atoms with Crippen molar-refractivity contribution >= 4 is 16.8 Å². The summed E-state index contributed by atoms with van der Waals surface area (Å²) < 4.78 is 19.5. The van der Waals surface area contributed by atoms with Gasteiger partial charge in [0, 0.05) is 22.9 Å². The summed E-state index contributed by atoms with van der Waals surface area (Å²) in [7, 11) is 1.42. The molecule has 1 aromatic heterocycles. The van der Waals surface area contributed by atoms with Crippen molar-refractivity contribution in [1.82, 2.24) is 10.2 Å². The van der Waals surface area contributed by atoms with Crippen molar-refractivity contribution in [3.8, 4) is 22.9 Å². The second kappa shape index (κ2) is 10.0. The number of primary amides is 1. The third-order valence-corrected chi connectivity index (χ3v) is 7.28. The van der Waals surface area contributed by atoms with Crippen molar-refractivity contribution in [1.29, 1.82) is 5.26 Å². The summed E-state index contributed by atoms with van der Waals surface area (Å²) in [5.41, 5.74) is 10.9. The van der Waals surface area contributed by atoms with E-state index in [2.05, 4.69) is 22.3 Å². The van der Waals surface area contributed by atoms with Crippen LogP contribution in [0.3, 0.4) is 0 Å². The number of hydrogen-bond acceptors (Lipinski definition) is 5. The number of carbonyl (C=O) groups is 1. The van der Waals surface area contributed by atoms with E-state index in [-0.39, 0.29) is 23.3 Å². The number of nitriles is 1. The van der Waals surface area contributed by atoms with Crippen LogP contribution in [-0.2, 0) is 6.42 Å². The van der Waals surface area contributed by atoms with Crippen LogP contribution < -0.4 is 10.5 Å². The van der Waals surface area contributed by atoms with Crippen molar-refractivity contribution in [2.45, 2.75) is 44.1 Å². The number of ether oxygens (including phenoxy) is 1. The Hall–Kier alpha value is -4.22. The predicted octanol–water partition coefficient (Wildman–Crippen LogP) is 4.96. The number of aliphatic hydroxyl groups excluding tert-OH is 1. The van der Waals surface area contributed by atoms with Gasteiger partial charge in [-0.05, 0) is 66.5 Å². The van der Waals surface area contributed by atoms with E-state index in [1.165, 1.54) is 13.2 Å². The molecule has 8 heteroatoms. The van der Waals surface area contributed by atoms with Gasteiger partial charge in [0.05, 0.1) is 36.1 Å². The molecule has 0 saturated heterocycles. The number of nitrogens with two attached hydrogens (primary N) is 1. The number of benzene rings is 3. The Labute approximate surface area is 213 Å². The highest BCUT2D eigenvalue weighted by atomic mass is 19.1. The second-order valence-corrected chi connectivity index (χ2v) is 9.55. The van der Waals surface area contributed by atoms with E-state index in [4.69, 9.17) is 10.5 Å². The normalized spacial score (nSPS) is 17.5. The molecule has 188 valence electrons. The Bertz CT molecular complexity index is 1510. The molecule has 1 heterocycles. The monoisotopic (exact) mass is 498 g/mol. The van der Waals surface area contributed by atoms with Crippen LogP contribution in [0.25, 0.3) is 22.0 Å². The number of nitrogens with zero attached hydrogens (tertiary/aromatic N) is 2. The number of hydrogen-bond donors (Lipinski definition) is 3. The topological polar surface area (TPSA) is 125 Å². The summed E-state index contributed by atoms with van der Waals surface area (Å²) in [6, 6.07) is 14.5. The summed E-state index contributed by atoms with van der Waals surface area (Å²) >= 11 is 0. The number of rotatable bonds is 6. The van der Waals surface area contributed by atoms with E-state index < -0.39 is 11.7 Å². The Morgan fingerprint density at radius 2 is 1.95 bits per heavy atom. The van der Waals surface area contributed by atoms with Gasteiger partial charge < -0.3 is 15.6 Å². The number of H-pyrrole nitrogens is 1. The molecule has 0 bridgehead atoms. The van der Waals surface area contributed by atoms with Gasteiger partial charge in [-0.25, -0.2) is 4.39 Å². The van der Waals surface area contributed by atoms with E-state index in [9.17, 15) is 19.6 Å². The number of nitrogens with one attached hydrogen (secondary N) is 1. The van der Waals surface area contributed by atoms with Crippen LogP contribution in [0.5, 0.6) is 5.75 Å². The van der Waals surface area contributed by atoms with Gasteiger partial charge in [-0.15, -0.1) is 0 Å². The lowest BCUT2D eigenvalue weighted by molar-refractivity contribution is 0.0996. The Morgan fingerprint density at radius 1 is 1.22 bits per heavy atom. The van der Waals surface area contributed by atoms with Crippen LogP contribution in [0.4, 0.5) is 4.39 Å². The molecular weight excluding hydrogens is 471 g/mol. The Kier molecular flexibility index (Phi) is 6.64. The quantitative estimate of drug-likeness (QED) is 0.347. The Morgan fingerprint density at radius 3 is 2.59 bits per heavy atom. The molecule has 0 radical (unpaired) electrons. The van der Waals surface area contributed by atoms with E-state index in [0.717, 1.165) is 59.4 Å². The standard InChI is InChI=1S/C29H27FN4O3/c1-37-28-19(11-20(30)12-24(28)29(32)36)10-16-2-4-17(5-3-16)22-13-23(18-6-8-21(35)9-7-18)26-15-33-34-27(26)25(22)14-31/h2-5,11-13,15,18,21,35H,6-10H2,1H3,(H2,32,36)(H,33,34).